The Morgan fingerprint density at radius 2 is 1.95 bits per heavy atom. The molecular formula is C17H22N2O3. The van der Waals surface area contributed by atoms with Gasteiger partial charge in [0.1, 0.15) is 0 Å². The van der Waals surface area contributed by atoms with E-state index < -0.39 is 6.04 Å². The third-order valence-electron chi connectivity index (χ3n) is 3.55. The zero-order valence-corrected chi connectivity index (χ0v) is 13.2. The number of carbonyl (C=O) groups is 2. The second-order valence-electron chi connectivity index (χ2n) is 5.80. The maximum Gasteiger partial charge on any atom is 0.338 e. The SMILES string of the molecule is CC1=C(C(=O)OCCC(C)C)C(c2ccccc2)NC(=O)N1. The topological polar surface area (TPSA) is 67.4 Å². The minimum absolute atomic E-state index is 0.315. The highest BCUT2D eigenvalue weighted by Gasteiger charge is 2.31. The number of rotatable bonds is 5. The monoisotopic (exact) mass is 302 g/mol. The maximum absolute atomic E-state index is 12.4. The zero-order chi connectivity index (χ0) is 16.1. The number of hydrogen-bond acceptors (Lipinski definition) is 3. The second-order valence-corrected chi connectivity index (χ2v) is 5.80. The summed E-state index contributed by atoms with van der Waals surface area (Å²) in [4.78, 5) is 24.1. The van der Waals surface area contributed by atoms with E-state index in [0.29, 0.717) is 23.8 Å². The van der Waals surface area contributed by atoms with E-state index in [9.17, 15) is 9.59 Å². The molecule has 0 spiro atoms. The first-order chi connectivity index (χ1) is 10.5. The van der Waals surface area contributed by atoms with Crippen LogP contribution in [0.5, 0.6) is 0 Å². The maximum atomic E-state index is 12.4. The van der Waals surface area contributed by atoms with E-state index in [1.807, 2.05) is 30.3 Å². The Bertz CT molecular complexity index is 579. The fourth-order valence-corrected chi connectivity index (χ4v) is 2.32. The van der Waals surface area contributed by atoms with Crippen LogP contribution in [0.25, 0.3) is 0 Å². The summed E-state index contributed by atoms with van der Waals surface area (Å²) in [7, 11) is 0. The lowest BCUT2D eigenvalue weighted by atomic mass is 9.96. The van der Waals surface area contributed by atoms with Gasteiger partial charge in [-0.3, -0.25) is 0 Å². The van der Waals surface area contributed by atoms with Crippen molar-refractivity contribution in [2.24, 2.45) is 5.92 Å². The molecule has 0 bridgehead atoms. The van der Waals surface area contributed by atoms with Gasteiger partial charge in [-0.25, -0.2) is 9.59 Å². The Labute approximate surface area is 130 Å². The summed E-state index contributed by atoms with van der Waals surface area (Å²) in [6.07, 6.45) is 0.813. The quantitative estimate of drug-likeness (QED) is 0.822. The third kappa shape index (κ3) is 3.87. The van der Waals surface area contributed by atoms with Crippen LogP contribution >= 0.6 is 0 Å². The molecule has 118 valence electrons. The number of carbonyl (C=O) groups excluding carboxylic acids is 2. The van der Waals surface area contributed by atoms with E-state index in [4.69, 9.17) is 4.74 Å². The number of amides is 2. The minimum Gasteiger partial charge on any atom is -0.462 e. The van der Waals surface area contributed by atoms with Crippen LogP contribution in [0.1, 0.15) is 38.8 Å². The van der Waals surface area contributed by atoms with Crippen molar-refractivity contribution in [1.82, 2.24) is 10.6 Å². The second kappa shape index (κ2) is 7.11. The number of hydrogen-bond donors (Lipinski definition) is 2. The predicted octanol–water partition coefficient (Wildman–Crippen LogP) is 2.90. The van der Waals surface area contributed by atoms with Crippen LogP contribution < -0.4 is 10.6 Å². The van der Waals surface area contributed by atoms with Crippen LogP contribution in [-0.2, 0) is 9.53 Å². The minimum atomic E-state index is -0.485. The average Bonchev–Trinajstić information content (AvgIpc) is 2.46. The van der Waals surface area contributed by atoms with Crippen molar-refractivity contribution in [3.05, 3.63) is 47.2 Å². The smallest absolute Gasteiger partial charge is 0.338 e. The summed E-state index contributed by atoms with van der Waals surface area (Å²) in [6, 6.07) is 8.60. The summed E-state index contributed by atoms with van der Waals surface area (Å²) in [5.74, 6) is 0.0801. The van der Waals surface area contributed by atoms with Crippen LogP contribution in [0.3, 0.4) is 0 Å². The van der Waals surface area contributed by atoms with Gasteiger partial charge in [-0.05, 0) is 24.8 Å². The Morgan fingerprint density at radius 3 is 2.59 bits per heavy atom. The van der Waals surface area contributed by atoms with Crippen molar-refractivity contribution in [2.75, 3.05) is 6.61 Å². The van der Waals surface area contributed by atoms with Crippen molar-refractivity contribution >= 4 is 12.0 Å². The van der Waals surface area contributed by atoms with Gasteiger partial charge < -0.3 is 15.4 Å². The highest BCUT2D eigenvalue weighted by atomic mass is 16.5. The molecule has 1 aliphatic rings. The van der Waals surface area contributed by atoms with E-state index in [0.717, 1.165) is 12.0 Å². The first-order valence-corrected chi connectivity index (χ1v) is 7.49. The fourth-order valence-electron chi connectivity index (χ4n) is 2.32. The number of ether oxygens (including phenoxy) is 1. The van der Waals surface area contributed by atoms with Crippen LogP contribution in [0.4, 0.5) is 4.79 Å². The van der Waals surface area contributed by atoms with Gasteiger partial charge >= 0.3 is 12.0 Å². The van der Waals surface area contributed by atoms with Gasteiger partial charge in [0.25, 0.3) is 0 Å². The molecule has 0 aliphatic carbocycles. The molecule has 0 saturated heterocycles. The molecule has 1 heterocycles. The van der Waals surface area contributed by atoms with E-state index in [-0.39, 0.29) is 12.0 Å². The van der Waals surface area contributed by atoms with E-state index >= 15 is 0 Å². The van der Waals surface area contributed by atoms with E-state index in [2.05, 4.69) is 24.5 Å². The lowest BCUT2D eigenvalue weighted by Crippen LogP contribution is -2.45. The van der Waals surface area contributed by atoms with Gasteiger partial charge in [-0.1, -0.05) is 44.2 Å². The first-order valence-electron chi connectivity index (χ1n) is 7.49. The molecule has 1 aromatic rings. The molecule has 5 nitrogen and oxygen atoms in total. The van der Waals surface area contributed by atoms with Gasteiger partial charge in [0, 0.05) is 5.70 Å². The van der Waals surface area contributed by atoms with Crippen LogP contribution in [-0.4, -0.2) is 18.6 Å². The summed E-state index contributed by atoms with van der Waals surface area (Å²) < 4.78 is 5.36. The molecule has 0 aromatic heterocycles. The summed E-state index contributed by atoms with van der Waals surface area (Å²) in [6.45, 7) is 6.25. The Kier molecular flexibility index (Phi) is 5.20. The number of allylic oxidation sites excluding steroid dienone is 1. The first kappa shape index (κ1) is 16.1. The van der Waals surface area contributed by atoms with Crippen molar-refractivity contribution in [3.63, 3.8) is 0 Å². The van der Waals surface area contributed by atoms with Crippen molar-refractivity contribution in [1.29, 1.82) is 0 Å². The molecule has 5 heteroatoms. The lowest BCUT2D eigenvalue weighted by molar-refractivity contribution is -0.139. The van der Waals surface area contributed by atoms with Gasteiger partial charge in [-0.15, -0.1) is 0 Å². The Morgan fingerprint density at radius 1 is 1.27 bits per heavy atom. The van der Waals surface area contributed by atoms with E-state index in [1.165, 1.54) is 0 Å². The van der Waals surface area contributed by atoms with Gasteiger partial charge in [0.05, 0.1) is 18.2 Å². The zero-order valence-electron chi connectivity index (χ0n) is 13.2. The summed E-state index contributed by atoms with van der Waals surface area (Å²) in [5.41, 5.74) is 1.84. The van der Waals surface area contributed by atoms with E-state index in [1.54, 1.807) is 6.92 Å². The molecule has 0 radical (unpaired) electrons. The molecule has 1 aliphatic heterocycles. The molecule has 0 fully saturated rings. The molecule has 1 atom stereocenters. The van der Waals surface area contributed by atoms with Crippen LogP contribution in [0.15, 0.2) is 41.6 Å². The Hall–Kier alpha value is -2.30. The van der Waals surface area contributed by atoms with Crippen molar-refractivity contribution in [2.45, 2.75) is 33.2 Å². The molecule has 0 saturated carbocycles. The molecule has 1 aromatic carbocycles. The number of esters is 1. The van der Waals surface area contributed by atoms with Crippen molar-refractivity contribution < 1.29 is 14.3 Å². The van der Waals surface area contributed by atoms with Crippen LogP contribution in [0.2, 0.25) is 0 Å². The number of nitrogens with one attached hydrogen (secondary N) is 2. The third-order valence-corrected chi connectivity index (χ3v) is 3.55. The van der Waals surface area contributed by atoms with Gasteiger partial charge in [0.2, 0.25) is 0 Å². The largest absolute Gasteiger partial charge is 0.462 e. The lowest BCUT2D eigenvalue weighted by Gasteiger charge is -2.28. The number of benzene rings is 1. The molecule has 22 heavy (non-hydrogen) atoms. The highest BCUT2D eigenvalue weighted by molar-refractivity contribution is 5.95. The average molecular weight is 302 g/mol. The summed E-state index contributed by atoms with van der Waals surface area (Å²) >= 11 is 0. The molecule has 2 rings (SSSR count). The predicted molar refractivity (Wildman–Crippen MR) is 84.0 cm³/mol. The summed E-state index contributed by atoms with van der Waals surface area (Å²) in [5, 5.41) is 5.42. The normalized spacial score (nSPS) is 18.0. The van der Waals surface area contributed by atoms with Gasteiger partial charge in [-0.2, -0.15) is 0 Å². The highest BCUT2D eigenvalue weighted by Crippen LogP contribution is 2.27. The fraction of sp³-hybridized carbons (Fsp3) is 0.412. The van der Waals surface area contributed by atoms with Crippen LogP contribution in [0, 0.1) is 5.92 Å². The standard InChI is InChI=1S/C17H22N2O3/c1-11(2)9-10-22-16(20)14-12(3)18-17(21)19-15(14)13-7-5-4-6-8-13/h4-8,11,15H,9-10H2,1-3H3,(H2,18,19,21). The molecule has 1 unspecified atom stereocenters. The van der Waals surface area contributed by atoms with Crippen molar-refractivity contribution in [3.8, 4) is 0 Å². The molecule has 2 N–H and O–H groups in total. The Balaban J connectivity index is 2.22. The molecule has 2 amide bonds. The molecular weight excluding hydrogens is 280 g/mol. The van der Waals surface area contributed by atoms with Gasteiger partial charge in [0.15, 0.2) is 0 Å². The number of urea groups is 1.